The lowest BCUT2D eigenvalue weighted by Gasteiger charge is -2.24. The Hall–Kier alpha value is -3.16. The van der Waals surface area contributed by atoms with Gasteiger partial charge in [0.25, 0.3) is 0 Å². The Labute approximate surface area is 210 Å². The molecule has 4 nitrogen and oxygen atoms in total. The van der Waals surface area contributed by atoms with Crippen molar-refractivity contribution in [2.45, 2.75) is 52.3 Å². The fourth-order valence-electron chi connectivity index (χ4n) is 4.35. The average Bonchev–Trinajstić information content (AvgIpc) is 2.77. The first kappa shape index (κ1) is 27.4. The van der Waals surface area contributed by atoms with Gasteiger partial charge in [-0.25, -0.2) is 13.2 Å². The van der Waals surface area contributed by atoms with Crippen LogP contribution in [0.5, 0.6) is 0 Å². The molecule has 0 radical (unpaired) electrons. The van der Waals surface area contributed by atoms with E-state index in [4.69, 9.17) is 0 Å². The molecule has 0 saturated carbocycles. The summed E-state index contributed by atoms with van der Waals surface area (Å²) in [5, 5.41) is 16.7. The summed E-state index contributed by atoms with van der Waals surface area (Å²) in [4.78, 5) is 11.7. The first-order valence-corrected chi connectivity index (χ1v) is 12.1. The molecule has 7 heteroatoms. The van der Waals surface area contributed by atoms with E-state index in [1.165, 1.54) is 31.2 Å². The van der Waals surface area contributed by atoms with Crippen LogP contribution in [0.4, 0.5) is 13.2 Å². The summed E-state index contributed by atoms with van der Waals surface area (Å²) in [6.07, 6.45) is -0.0553. The van der Waals surface area contributed by atoms with Crippen LogP contribution in [0.15, 0.2) is 60.7 Å². The van der Waals surface area contributed by atoms with Crippen LogP contribution in [0.1, 0.15) is 37.5 Å². The van der Waals surface area contributed by atoms with Gasteiger partial charge in [-0.05, 0) is 70.8 Å². The Morgan fingerprint density at radius 2 is 1.61 bits per heavy atom. The zero-order valence-corrected chi connectivity index (χ0v) is 20.8. The van der Waals surface area contributed by atoms with Crippen LogP contribution in [0.3, 0.4) is 0 Å². The van der Waals surface area contributed by atoms with Gasteiger partial charge in [0.05, 0.1) is 12.1 Å². The maximum atomic E-state index is 13.9. The summed E-state index contributed by atoms with van der Waals surface area (Å²) in [5.41, 5.74) is 4.09. The summed E-state index contributed by atoms with van der Waals surface area (Å²) in [7, 11) is 0. The standard InChI is InChI=1S/C29H33F3N2O2/c1-18(2)9-20-7-8-27(22-5-4-6-24(30)14-22)23(10-20)16-33-17-29(36)28(34-19(3)35)13-21-11-25(31)15-26(32)12-21/h4-8,10-12,14-15,18,28-29,33,36H,9,13,16-17H2,1-3H3,(H,34,35). The number of amides is 1. The Balaban J connectivity index is 1.75. The predicted molar refractivity (Wildman–Crippen MR) is 136 cm³/mol. The Bertz CT molecular complexity index is 1160. The van der Waals surface area contributed by atoms with Crippen LogP contribution in [0, 0.1) is 23.4 Å². The predicted octanol–water partition coefficient (Wildman–Crippen LogP) is 5.17. The number of aliphatic hydroxyl groups is 1. The highest BCUT2D eigenvalue weighted by atomic mass is 19.1. The molecule has 36 heavy (non-hydrogen) atoms. The first-order chi connectivity index (χ1) is 17.1. The normalized spacial score (nSPS) is 13.0. The second-order valence-corrected chi connectivity index (χ2v) is 9.59. The van der Waals surface area contributed by atoms with E-state index in [1.54, 1.807) is 6.07 Å². The maximum Gasteiger partial charge on any atom is 0.217 e. The lowest BCUT2D eigenvalue weighted by molar-refractivity contribution is -0.120. The van der Waals surface area contributed by atoms with Gasteiger partial charge in [0, 0.05) is 26.1 Å². The summed E-state index contributed by atoms with van der Waals surface area (Å²) in [5.74, 6) is -1.64. The third-order valence-electron chi connectivity index (χ3n) is 5.85. The fraction of sp³-hybridized carbons (Fsp3) is 0.345. The lowest BCUT2D eigenvalue weighted by atomic mass is 9.94. The zero-order chi connectivity index (χ0) is 26.2. The molecule has 1 amide bonds. The topological polar surface area (TPSA) is 61.4 Å². The highest BCUT2D eigenvalue weighted by Crippen LogP contribution is 2.26. The minimum atomic E-state index is -1.02. The van der Waals surface area contributed by atoms with Crippen LogP contribution >= 0.6 is 0 Å². The molecule has 192 valence electrons. The molecule has 0 heterocycles. The minimum absolute atomic E-state index is 0.0650. The number of halogens is 3. The Morgan fingerprint density at radius 3 is 2.25 bits per heavy atom. The van der Waals surface area contributed by atoms with E-state index < -0.39 is 23.8 Å². The fourth-order valence-corrected chi connectivity index (χ4v) is 4.35. The van der Waals surface area contributed by atoms with Gasteiger partial charge in [-0.2, -0.15) is 0 Å². The third-order valence-corrected chi connectivity index (χ3v) is 5.85. The van der Waals surface area contributed by atoms with Gasteiger partial charge in [-0.15, -0.1) is 0 Å². The second kappa shape index (κ2) is 12.7. The van der Waals surface area contributed by atoms with E-state index in [1.807, 2.05) is 18.2 Å². The van der Waals surface area contributed by atoms with Crippen molar-refractivity contribution in [2.24, 2.45) is 5.92 Å². The van der Waals surface area contributed by atoms with Crippen LogP contribution < -0.4 is 10.6 Å². The number of rotatable bonds is 11. The van der Waals surface area contributed by atoms with E-state index >= 15 is 0 Å². The van der Waals surface area contributed by atoms with E-state index in [9.17, 15) is 23.1 Å². The molecule has 0 aromatic heterocycles. The van der Waals surface area contributed by atoms with Gasteiger partial charge >= 0.3 is 0 Å². The van der Waals surface area contributed by atoms with Crippen molar-refractivity contribution >= 4 is 5.91 Å². The van der Waals surface area contributed by atoms with Crippen molar-refractivity contribution in [3.63, 3.8) is 0 Å². The third kappa shape index (κ3) is 8.21. The first-order valence-electron chi connectivity index (χ1n) is 12.1. The van der Waals surface area contributed by atoms with Gasteiger partial charge in [0.2, 0.25) is 5.91 Å². The molecule has 0 bridgehead atoms. The molecular weight excluding hydrogens is 465 g/mol. The van der Waals surface area contributed by atoms with Gasteiger partial charge in [0.1, 0.15) is 17.5 Å². The molecule has 2 atom stereocenters. The highest BCUT2D eigenvalue weighted by Gasteiger charge is 2.21. The van der Waals surface area contributed by atoms with Crippen molar-refractivity contribution in [1.82, 2.24) is 10.6 Å². The molecule has 0 aliphatic rings. The van der Waals surface area contributed by atoms with Crippen LogP contribution in [0.25, 0.3) is 11.1 Å². The molecule has 3 N–H and O–H groups in total. The van der Waals surface area contributed by atoms with Gasteiger partial charge in [-0.1, -0.05) is 44.2 Å². The zero-order valence-electron chi connectivity index (χ0n) is 20.8. The van der Waals surface area contributed by atoms with Crippen molar-refractivity contribution < 1.29 is 23.1 Å². The van der Waals surface area contributed by atoms with Crippen molar-refractivity contribution in [3.05, 3.63) is 94.8 Å². The van der Waals surface area contributed by atoms with E-state index in [2.05, 4.69) is 30.5 Å². The summed E-state index contributed by atoms with van der Waals surface area (Å²) >= 11 is 0. The molecule has 3 aromatic rings. The van der Waals surface area contributed by atoms with Gasteiger partial charge < -0.3 is 15.7 Å². The van der Waals surface area contributed by atoms with E-state index in [0.29, 0.717) is 18.0 Å². The molecule has 0 fully saturated rings. The van der Waals surface area contributed by atoms with Crippen LogP contribution in [-0.2, 0) is 24.2 Å². The quantitative estimate of drug-likeness (QED) is 0.342. The van der Waals surface area contributed by atoms with Crippen LogP contribution in [0.2, 0.25) is 0 Å². The number of hydrogen-bond acceptors (Lipinski definition) is 3. The van der Waals surface area contributed by atoms with Gasteiger partial charge in [-0.3, -0.25) is 4.79 Å². The van der Waals surface area contributed by atoms with Crippen molar-refractivity contribution in [3.8, 4) is 11.1 Å². The summed E-state index contributed by atoms with van der Waals surface area (Å²) in [6.45, 7) is 6.13. The molecule has 3 rings (SSSR count). The molecule has 0 spiro atoms. The monoisotopic (exact) mass is 498 g/mol. The smallest absolute Gasteiger partial charge is 0.217 e. The van der Waals surface area contributed by atoms with Crippen molar-refractivity contribution in [1.29, 1.82) is 0 Å². The molecule has 3 aromatic carbocycles. The Morgan fingerprint density at radius 1 is 0.889 bits per heavy atom. The molecule has 0 aliphatic heterocycles. The second-order valence-electron chi connectivity index (χ2n) is 9.59. The lowest BCUT2D eigenvalue weighted by Crippen LogP contribution is -2.48. The Kier molecular flexibility index (Phi) is 9.67. The van der Waals surface area contributed by atoms with Crippen LogP contribution in [-0.4, -0.2) is 29.7 Å². The molecular formula is C29H33F3N2O2. The number of benzene rings is 3. The van der Waals surface area contributed by atoms with Gasteiger partial charge in [0.15, 0.2) is 0 Å². The molecule has 2 unspecified atom stereocenters. The average molecular weight is 499 g/mol. The van der Waals surface area contributed by atoms with Crippen molar-refractivity contribution in [2.75, 3.05) is 6.54 Å². The molecule has 0 saturated heterocycles. The number of nitrogens with one attached hydrogen (secondary N) is 2. The maximum absolute atomic E-state index is 13.9. The number of carbonyl (C=O) groups is 1. The van der Waals surface area contributed by atoms with E-state index in [0.717, 1.165) is 34.7 Å². The summed E-state index contributed by atoms with van der Waals surface area (Å²) in [6, 6.07) is 14.9. The minimum Gasteiger partial charge on any atom is -0.390 e. The number of carbonyl (C=O) groups excluding carboxylic acids is 1. The SMILES string of the molecule is CC(=O)NC(Cc1cc(F)cc(F)c1)C(O)CNCc1cc(CC(C)C)ccc1-c1cccc(F)c1. The van der Waals surface area contributed by atoms with E-state index in [-0.39, 0.29) is 24.7 Å². The highest BCUT2D eigenvalue weighted by molar-refractivity contribution is 5.73. The summed E-state index contributed by atoms with van der Waals surface area (Å²) < 4.78 is 41.1. The largest absolute Gasteiger partial charge is 0.390 e. The number of aliphatic hydroxyl groups excluding tert-OH is 1. The molecule has 0 aliphatic carbocycles. The number of hydrogen-bond donors (Lipinski definition) is 3.